The minimum Gasteiger partial charge on any atom is -0.392 e. The summed E-state index contributed by atoms with van der Waals surface area (Å²) in [7, 11) is 0. The number of nitrogens with zero attached hydrogens (tertiary/aromatic N) is 2. The predicted octanol–water partition coefficient (Wildman–Crippen LogP) is 1.06. The van der Waals surface area contributed by atoms with Gasteiger partial charge in [0.1, 0.15) is 0 Å². The first kappa shape index (κ1) is 12.5. The zero-order valence-electron chi connectivity index (χ0n) is 10.0. The summed E-state index contributed by atoms with van der Waals surface area (Å²) >= 11 is 1.48. The van der Waals surface area contributed by atoms with Crippen molar-refractivity contribution in [2.45, 2.75) is 39.0 Å². The summed E-state index contributed by atoms with van der Waals surface area (Å²) < 4.78 is 0. The third-order valence-electron chi connectivity index (χ3n) is 2.88. The Hall–Kier alpha value is -0.980. The molecule has 1 amide bonds. The monoisotopic (exact) mass is 255 g/mol. The van der Waals surface area contributed by atoms with Crippen molar-refractivity contribution in [3.8, 4) is 0 Å². The molecule has 0 aromatic carbocycles. The lowest BCUT2D eigenvalue weighted by molar-refractivity contribution is -0.114. The Kier molecular flexibility index (Phi) is 3.76. The molecule has 0 aliphatic carbocycles. The van der Waals surface area contributed by atoms with Crippen LogP contribution in [-0.2, 0) is 11.3 Å². The summed E-state index contributed by atoms with van der Waals surface area (Å²) in [6.07, 6.45) is 2.40. The number of aliphatic hydroxyl groups excluding tert-OH is 1. The number of hydrogen-bond acceptors (Lipinski definition) is 5. The van der Waals surface area contributed by atoms with Crippen molar-refractivity contribution in [3.05, 3.63) is 11.1 Å². The Labute approximate surface area is 104 Å². The molecule has 0 radical (unpaired) electrons. The zero-order chi connectivity index (χ0) is 12.4. The maximum atomic E-state index is 10.9. The van der Waals surface area contributed by atoms with Crippen LogP contribution in [0.2, 0.25) is 0 Å². The van der Waals surface area contributed by atoms with E-state index in [0.29, 0.717) is 17.7 Å². The standard InChI is InChI=1S/C11H17N3O2S/c1-7-3-9(16)5-14(7)6-10-4-12-11(17-10)13-8(2)15/h4,7,9,16H,3,5-6H2,1-2H3,(H,12,13,15)/t7-,9+/m0/s1. The van der Waals surface area contributed by atoms with E-state index in [1.165, 1.54) is 18.3 Å². The van der Waals surface area contributed by atoms with Crippen LogP contribution in [0.1, 0.15) is 25.1 Å². The average Bonchev–Trinajstić information content (AvgIpc) is 2.74. The highest BCUT2D eigenvalue weighted by Gasteiger charge is 2.27. The number of aliphatic hydroxyl groups is 1. The first-order valence-electron chi connectivity index (χ1n) is 5.69. The molecule has 0 bridgehead atoms. The molecule has 2 N–H and O–H groups in total. The summed E-state index contributed by atoms with van der Waals surface area (Å²) in [4.78, 5) is 18.4. The van der Waals surface area contributed by atoms with Gasteiger partial charge in [0.2, 0.25) is 5.91 Å². The number of β-amino-alcohol motifs (C(OH)–C–C–N with tert-alkyl or cyclic N) is 1. The number of aromatic nitrogens is 1. The SMILES string of the molecule is CC(=O)Nc1ncc(CN2C[C@H](O)C[C@@H]2C)s1. The molecule has 1 saturated heterocycles. The van der Waals surface area contributed by atoms with Gasteiger partial charge in [0, 0.05) is 37.1 Å². The van der Waals surface area contributed by atoms with E-state index in [0.717, 1.165) is 17.8 Å². The average molecular weight is 255 g/mol. The van der Waals surface area contributed by atoms with Crippen molar-refractivity contribution in [3.63, 3.8) is 0 Å². The van der Waals surface area contributed by atoms with Crippen molar-refractivity contribution in [1.82, 2.24) is 9.88 Å². The van der Waals surface area contributed by atoms with Gasteiger partial charge in [-0.25, -0.2) is 4.98 Å². The Balaban J connectivity index is 1.95. The molecular weight excluding hydrogens is 238 g/mol. The highest BCUT2D eigenvalue weighted by Crippen LogP contribution is 2.24. The molecule has 5 nitrogen and oxygen atoms in total. The first-order valence-corrected chi connectivity index (χ1v) is 6.50. The van der Waals surface area contributed by atoms with E-state index in [4.69, 9.17) is 0 Å². The topological polar surface area (TPSA) is 65.5 Å². The third kappa shape index (κ3) is 3.24. The van der Waals surface area contributed by atoms with Crippen molar-refractivity contribution < 1.29 is 9.90 Å². The number of hydrogen-bond donors (Lipinski definition) is 2. The van der Waals surface area contributed by atoms with Crippen LogP contribution in [0.15, 0.2) is 6.20 Å². The van der Waals surface area contributed by atoms with Crippen LogP contribution in [0, 0.1) is 0 Å². The third-order valence-corrected chi connectivity index (χ3v) is 3.77. The molecule has 0 unspecified atom stereocenters. The predicted molar refractivity (Wildman–Crippen MR) is 66.9 cm³/mol. The minimum absolute atomic E-state index is 0.101. The lowest BCUT2D eigenvalue weighted by Gasteiger charge is -2.19. The normalized spacial score (nSPS) is 25.1. The van der Waals surface area contributed by atoms with Crippen LogP contribution in [0.3, 0.4) is 0 Å². The van der Waals surface area contributed by atoms with Crippen molar-refractivity contribution in [1.29, 1.82) is 0 Å². The van der Waals surface area contributed by atoms with E-state index in [1.54, 1.807) is 6.20 Å². The molecular formula is C11H17N3O2S. The number of rotatable bonds is 3. The second-order valence-electron chi connectivity index (χ2n) is 4.48. The summed E-state index contributed by atoms with van der Waals surface area (Å²) in [5, 5.41) is 12.9. The Morgan fingerprint density at radius 2 is 2.53 bits per heavy atom. The molecule has 1 aliphatic rings. The maximum Gasteiger partial charge on any atom is 0.223 e. The lowest BCUT2D eigenvalue weighted by atomic mass is 10.2. The van der Waals surface area contributed by atoms with Crippen LogP contribution in [0.4, 0.5) is 5.13 Å². The zero-order valence-corrected chi connectivity index (χ0v) is 10.8. The van der Waals surface area contributed by atoms with Crippen LogP contribution in [0.25, 0.3) is 0 Å². The Bertz CT molecular complexity index is 407. The van der Waals surface area contributed by atoms with Gasteiger partial charge in [-0.1, -0.05) is 0 Å². The highest BCUT2D eigenvalue weighted by molar-refractivity contribution is 7.15. The van der Waals surface area contributed by atoms with Crippen molar-refractivity contribution in [2.75, 3.05) is 11.9 Å². The van der Waals surface area contributed by atoms with Gasteiger partial charge < -0.3 is 10.4 Å². The van der Waals surface area contributed by atoms with Gasteiger partial charge in [-0.15, -0.1) is 11.3 Å². The van der Waals surface area contributed by atoms with E-state index >= 15 is 0 Å². The number of likely N-dealkylation sites (tertiary alicyclic amines) is 1. The Morgan fingerprint density at radius 1 is 1.76 bits per heavy atom. The van der Waals surface area contributed by atoms with Gasteiger partial charge in [-0.05, 0) is 13.3 Å². The number of anilines is 1. The first-order chi connectivity index (χ1) is 8.04. The van der Waals surface area contributed by atoms with Gasteiger partial charge in [0.05, 0.1) is 6.10 Å². The van der Waals surface area contributed by atoms with Gasteiger partial charge in [-0.2, -0.15) is 0 Å². The molecule has 1 fully saturated rings. The van der Waals surface area contributed by atoms with Crippen LogP contribution >= 0.6 is 11.3 Å². The number of nitrogens with one attached hydrogen (secondary N) is 1. The van der Waals surface area contributed by atoms with E-state index in [9.17, 15) is 9.90 Å². The number of amides is 1. The van der Waals surface area contributed by atoms with E-state index in [1.807, 2.05) is 0 Å². The molecule has 1 aliphatic heterocycles. The molecule has 1 aromatic heterocycles. The molecule has 17 heavy (non-hydrogen) atoms. The summed E-state index contributed by atoms with van der Waals surface area (Å²) in [5.74, 6) is -0.101. The van der Waals surface area contributed by atoms with Gasteiger partial charge in [0.25, 0.3) is 0 Å². The van der Waals surface area contributed by atoms with Gasteiger partial charge >= 0.3 is 0 Å². The lowest BCUT2D eigenvalue weighted by Crippen LogP contribution is -2.26. The second kappa shape index (κ2) is 5.12. The fourth-order valence-electron chi connectivity index (χ4n) is 2.08. The van der Waals surface area contributed by atoms with Crippen LogP contribution in [-0.4, -0.2) is 39.6 Å². The van der Waals surface area contributed by atoms with Crippen molar-refractivity contribution in [2.24, 2.45) is 0 Å². The summed E-state index contributed by atoms with van der Waals surface area (Å²) in [6, 6.07) is 0.399. The van der Waals surface area contributed by atoms with E-state index in [-0.39, 0.29) is 12.0 Å². The van der Waals surface area contributed by atoms with Crippen LogP contribution < -0.4 is 5.32 Å². The highest BCUT2D eigenvalue weighted by atomic mass is 32.1. The van der Waals surface area contributed by atoms with Gasteiger partial charge in [0.15, 0.2) is 5.13 Å². The molecule has 94 valence electrons. The maximum absolute atomic E-state index is 10.9. The van der Waals surface area contributed by atoms with Crippen molar-refractivity contribution >= 4 is 22.4 Å². The largest absolute Gasteiger partial charge is 0.392 e. The molecule has 1 aromatic rings. The number of carbonyl (C=O) groups is 1. The molecule has 2 rings (SSSR count). The molecule has 0 saturated carbocycles. The minimum atomic E-state index is -0.215. The quantitative estimate of drug-likeness (QED) is 0.847. The number of carbonyl (C=O) groups excluding carboxylic acids is 1. The fraction of sp³-hybridized carbons (Fsp3) is 0.636. The van der Waals surface area contributed by atoms with Gasteiger partial charge in [-0.3, -0.25) is 9.69 Å². The smallest absolute Gasteiger partial charge is 0.223 e. The molecule has 6 heteroatoms. The second-order valence-corrected chi connectivity index (χ2v) is 5.60. The molecule has 2 atom stereocenters. The van der Waals surface area contributed by atoms with Crippen LogP contribution in [0.5, 0.6) is 0 Å². The summed E-state index contributed by atoms with van der Waals surface area (Å²) in [5.41, 5.74) is 0. The van der Waals surface area contributed by atoms with E-state index < -0.39 is 0 Å². The molecule has 0 spiro atoms. The number of thiazole rings is 1. The fourth-order valence-corrected chi connectivity index (χ4v) is 2.96. The molecule has 2 heterocycles. The Morgan fingerprint density at radius 3 is 3.12 bits per heavy atom. The summed E-state index contributed by atoms with van der Waals surface area (Å²) in [6.45, 7) is 5.09. The van der Waals surface area contributed by atoms with E-state index in [2.05, 4.69) is 22.1 Å².